The maximum atomic E-state index is 13.6. The molecule has 1 aromatic heterocycles. The highest BCUT2D eigenvalue weighted by Gasteiger charge is 2.38. The van der Waals surface area contributed by atoms with Crippen molar-refractivity contribution in [2.75, 3.05) is 0 Å². The standard InChI is InChI=1S/C42H38N4O6/c47-36-21-16-29(24-38(36)49)18-23-40(51)45-35(41(52)43-26-30-17-22-37(48)39(50)25-30)20-19-34-27-46(28-44-34)42(31-10-4-1-5-11-31,32-12-6-2-7-13-32)33-14-8-3-9-15-33/h1-18,21-25,27-28,35,47-50H,19-20,26H2,(H,43,52)(H,45,51)/b23-18+/t35-/m0/s1. The summed E-state index contributed by atoms with van der Waals surface area (Å²) in [6.07, 6.45) is 7.02. The highest BCUT2D eigenvalue weighted by molar-refractivity contribution is 5.95. The number of aromatic nitrogens is 2. The van der Waals surface area contributed by atoms with Crippen LogP contribution in [-0.2, 0) is 28.1 Å². The van der Waals surface area contributed by atoms with E-state index < -0.39 is 23.4 Å². The number of carbonyl (C=O) groups excluding carboxylic acids is 2. The van der Waals surface area contributed by atoms with Crippen LogP contribution in [0.1, 0.15) is 39.9 Å². The van der Waals surface area contributed by atoms with Crippen LogP contribution in [-0.4, -0.2) is 47.8 Å². The molecule has 6 rings (SSSR count). The molecule has 10 heteroatoms. The van der Waals surface area contributed by atoms with Gasteiger partial charge in [-0.3, -0.25) is 9.59 Å². The van der Waals surface area contributed by atoms with Gasteiger partial charge < -0.3 is 35.6 Å². The molecule has 1 atom stereocenters. The largest absolute Gasteiger partial charge is 0.504 e. The molecule has 6 aromatic rings. The molecule has 52 heavy (non-hydrogen) atoms. The Balaban J connectivity index is 1.27. The molecule has 1 heterocycles. The minimum absolute atomic E-state index is 0.0457. The van der Waals surface area contributed by atoms with Gasteiger partial charge >= 0.3 is 0 Å². The average Bonchev–Trinajstić information content (AvgIpc) is 3.65. The molecule has 0 saturated heterocycles. The third-order valence-electron chi connectivity index (χ3n) is 8.85. The van der Waals surface area contributed by atoms with E-state index in [9.17, 15) is 30.0 Å². The number of amides is 2. The second-order valence-electron chi connectivity index (χ2n) is 12.3. The summed E-state index contributed by atoms with van der Waals surface area (Å²) < 4.78 is 2.09. The van der Waals surface area contributed by atoms with Crippen LogP contribution in [0.15, 0.2) is 146 Å². The third kappa shape index (κ3) is 7.81. The lowest BCUT2D eigenvalue weighted by molar-refractivity contribution is -0.127. The SMILES string of the molecule is O=C(/C=C/c1ccc(O)c(O)c1)N[C@@H](CCc1cn(C(c2ccccc2)(c2ccccc2)c2ccccc2)cn1)C(=O)NCc1ccc(O)c(O)c1. The molecule has 0 aliphatic heterocycles. The van der Waals surface area contributed by atoms with Crippen LogP contribution in [0, 0.1) is 0 Å². The number of benzene rings is 5. The topological polar surface area (TPSA) is 157 Å². The Labute approximate surface area is 301 Å². The number of phenols is 4. The summed E-state index contributed by atoms with van der Waals surface area (Å²) in [5.74, 6) is -2.19. The fourth-order valence-electron chi connectivity index (χ4n) is 6.25. The number of carbonyl (C=O) groups is 2. The number of nitrogens with zero attached hydrogens (tertiary/aromatic N) is 2. The molecular formula is C42H38N4O6. The van der Waals surface area contributed by atoms with Gasteiger partial charge in [0.05, 0.1) is 12.0 Å². The number of phenolic OH excluding ortho intramolecular Hbond substituents is 4. The molecule has 0 saturated carbocycles. The Hall–Kier alpha value is -6.81. The molecule has 0 bridgehead atoms. The van der Waals surface area contributed by atoms with Gasteiger partial charge in [-0.15, -0.1) is 0 Å². The number of hydrogen-bond acceptors (Lipinski definition) is 7. The zero-order chi connectivity index (χ0) is 36.5. The summed E-state index contributed by atoms with van der Waals surface area (Å²) in [5.41, 5.74) is 4.09. The fraction of sp³-hybridized carbons (Fsp3) is 0.119. The zero-order valence-corrected chi connectivity index (χ0v) is 28.1. The molecule has 10 nitrogen and oxygen atoms in total. The van der Waals surface area contributed by atoms with E-state index in [0.29, 0.717) is 23.2 Å². The molecule has 0 spiro atoms. The summed E-state index contributed by atoms with van der Waals surface area (Å²) in [6.45, 7) is 0.0457. The maximum absolute atomic E-state index is 13.6. The van der Waals surface area contributed by atoms with Gasteiger partial charge in [0.2, 0.25) is 11.8 Å². The minimum Gasteiger partial charge on any atom is -0.504 e. The third-order valence-corrected chi connectivity index (χ3v) is 8.85. The Morgan fingerprint density at radius 3 is 1.83 bits per heavy atom. The van der Waals surface area contributed by atoms with Gasteiger partial charge in [-0.25, -0.2) is 4.98 Å². The molecular weight excluding hydrogens is 656 g/mol. The predicted octanol–water partition coefficient (Wildman–Crippen LogP) is 5.99. The van der Waals surface area contributed by atoms with Crippen molar-refractivity contribution in [3.05, 3.63) is 180 Å². The Morgan fingerprint density at radius 1 is 0.712 bits per heavy atom. The van der Waals surface area contributed by atoms with Crippen molar-refractivity contribution >= 4 is 17.9 Å². The lowest BCUT2D eigenvalue weighted by atomic mass is 9.77. The van der Waals surface area contributed by atoms with Gasteiger partial charge in [-0.05, 0) is 71.0 Å². The van der Waals surface area contributed by atoms with Crippen molar-refractivity contribution in [3.63, 3.8) is 0 Å². The lowest BCUT2D eigenvalue weighted by Crippen LogP contribution is -2.46. The van der Waals surface area contributed by atoms with Crippen LogP contribution >= 0.6 is 0 Å². The van der Waals surface area contributed by atoms with Gasteiger partial charge in [0.1, 0.15) is 11.6 Å². The number of nitrogens with one attached hydrogen (secondary N) is 2. The first kappa shape index (κ1) is 35.0. The van der Waals surface area contributed by atoms with Crippen LogP contribution in [0.2, 0.25) is 0 Å². The molecule has 0 unspecified atom stereocenters. The minimum atomic E-state index is -0.969. The molecule has 0 fully saturated rings. The number of imidazole rings is 1. The maximum Gasteiger partial charge on any atom is 0.244 e. The summed E-state index contributed by atoms with van der Waals surface area (Å²) in [7, 11) is 0. The van der Waals surface area contributed by atoms with Gasteiger partial charge in [-0.2, -0.15) is 0 Å². The van der Waals surface area contributed by atoms with E-state index in [4.69, 9.17) is 4.98 Å². The van der Waals surface area contributed by atoms with E-state index in [1.165, 1.54) is 42.5 Å². The van der Waals surface area contributed by atoms with E-state index in [-0.39, 0.29) is 36.0 Å². The summed E-state index contributed by atoms with van der Waals surface area (Å²) in [5, 5.41) is 44.6. The Kier molecular flexibility index (Phi) is 10.7. The number of aryl methyl sites for hydroxylation is 1. The van der Waals surface area contributed by atoms with E-state index in [1.807, 2.05) is 60.8 Å². The molecule has 0 radical (unpaired) electrons. The van der Waals surface area contributed by atoms with Gasteiger partial charge in [0, 0.05) is 18.8 Å². The van der Waals surface area contributed by atoms with E-state index >= 15 is 0 Å². The van der Waals surface area contributed by atoms with Crippen LogP contribution in [0.3, 0.4) is 0 Å². The quantitative estimate of drug-likeness (QED) is 0.0493. The summed E-state index contributed by atoms with van der Waals surface area (Å²) in [4.78, 5) is 31.4. The van der Waals surface area contributed by atoms with Gasteiger partial charge in [0.25, 0.3) is 0 Å². The molecule has 6 N–H and O–H groups in total. The van der Waals surface area contributed by atoms with Crippen molar-refractivity contribution in [2.24, 2.45) is 0 Å². The normalized spacial score (nSPS) is 12.0. The molecule has 262 valence electrons. The van der Waals surface area contributed by atoms with Crippen LogP contribution < -0.4 is 10.6 Å². The van der Waals surface area contributed by atoms with Crippen molar-refractivity contribution in [2.45, 2.75) is 31.0 Å². The number of hydrogen-bond donors (Lipinski definition) is 6. The van der Waals surface area contributed by atoms with Gasteiger partial charge in [-0.1, -0.05) is 103 Å². The molecule has 2 amide bonds. The first-order valence-corrected chi connectivity index (χ1v) is 16.7. The van der Waals surface area contributed by atoms with E-state index in [0.717, 1.165) is 16.7 Å². The monoisotopic (exact) mass is 694 g/mol. The van der Waals surface area contributed by atoms with E-state index in [1.54, 1.807) is 12.4 Å². The first-order chi connectivity index (χ1) is 25.2. The van der Waals surface area contributed by atoms with E-state index in [2.05, 4.69) is 51.6 Å². The Bertz CT molecular complexity index is 2070. The second kappa shape index (κ2) is 15.8. The zero-order valence-electron chi connectivity index (χ0n) is 28.1. The first-order valence-electron chi connectivity index (χ1n) is 16.7. The molecule has 0 aliphatic rings. The number of rotatable bonds is 13. The number of aromatic hydroxyl groups is 4. The van der Waals surface area contributed by atoms with Crippen molar-refractivity contribution in [3.8, 4) is 23.0 Å². The van der Waals surface area contributed by atoms with Crippen molar-refractivity contribution in [1.29, 1.82) is 0 Å². The van der Waals surface area contributed by atoms with Crippen molar-refractivity contribution in [1.82, 2.24) is 20.2 Å². The highest BCUT2D eigenvalue weighted by Crippen LogP contribution is 2.41. The van der Waals surface area contributed by atoms with Crippen LogP contribution in [0.25, 0.3) is 6.08 Å². The van der Waals surface area contributed by atoms with Gasteiger partial charge in [0.15, 0.2) is 23.0 Å². The average molecular weight is 695 g/mol. The Morgan fingerprint density at radius 2 is 1.27 bits per heavy atom. The van der Waals surface area contributed by atoms with Crippen molar-refractivity contribution < 1.29 is 30.0 Å². The van der Waals surface area contributed by atoms with Crippen LogP contribution in [0.5, 0.6) is 23.0 Å². The molecule has 0 aliphatic carbocycles. The summed E-state index contributed by atoms with van der Waals surface area (Å²) in [6, 6.07) is 38.0. The summed E-state index contributed by atoms with van der Waals surface area (Å²) >= 11 is 0. The second-order valence-corrected chi connectivity index (χ2v) is 12.3. The molecule has 5 aromatic carbocycles. The smallest absolute Gasteiger partial charge is 0.244 e. The fourth-order valence-corrected chi connectivity index (χ4v) is 6.25. The predicted molar refractivity (Wildman–Crippen MR) is 198 cm³/mol. The van der Waals surface area contributed by atoms with Crippen LogP contribution in [0.4, 0.5) is 0 Å². The highest BCUT2D eigenvalue weighted by atomic mass is 16.3. The lowest BCUT2D eigenvalue weighted by Gasteiger charge is -2.37.